The van der Waals surface area contributed by atoms with Gasteiger partial charge in [-0.2, -0.15) is 0 Å². The average molecular weight is 368 g/mol. The minimum Gasteiger partial charge on any atom is -0.399 e. The van der Waals surface area contributed by atoms with Crippen LogP contribution in [-0.4, -0.2) is 32.7 Å². The van der Waals surface area contributed by atoms with Crippen LogP contribution in [0.4, 0.5) is 10.1 Å². The fourth-order valence-electron chi connectivity index (χ4n) is 2.79. The normalized spacial score (nSPS) is 11.9. The van der Waals surface area contributed by atoms with Crippen molar-refractivity contribution >= 4 is 11.6 Å². The number of rotatable bonds is 7. The smallest absolute Gasteiger partial charge is 0.245 e. The van der Waals surface area contributed by atoms with Crippen LogP contribution in [0, 0.1) is 12.7 Å². The van der Waals surface area contributed by atoms with Crippen LogP contribution in [0.1, 0.15) is 23.0 Å². The summed E-state index contributed by atoms with van der Waals surface area (Å²) >= 11 is 0. The zero-order valence-electron chi connectivity index (χ0n) is 15.0. The molecule has 0 saturated heterocycles. The fourth-order valence-corrected chi connectivity index (χ4v) is 2.79. The number of carbonyl (C=O) groups is 1. The van der Waals surface area contributed by atoms with Gasteiger partial charge in [0.05, 0.1) is 0 Å². The molecule has 3 N–H and O–H groups in total. The van der Waals surface area contributed by atoms with Crippen LogP contribution < -0.4 is 11.1 Å². The third-order valence-electron chi connectivity index (χ3n) is 4.29. The van der Waals surface area contributed by atoms with Gasteiger partial charge in [-0.15, -0.1) is 5.10 Å². The predicted molar refractivity (Wildman–Crippen MR) is 99.3 cm³/mol. The van der Waals surface area contributed by atoms with E-state index in [9.17, 15) is 9.18 Å². The van der Waals surface area contributed by atoms with Gasteiger partial charge in [0.15, 0.2) is 0 Å². The molecule has 3 rings (SSSR count). The van der Waals surface area contributed by atoms with Crippen molar-refractivity contribution in [1.82, 2.24) is 25.5 Å². The molecule has 8 heteroatoms. The number of nitrogens with two attached hydrogens (primary N) is 1. The lowest BCUT2D eigenvalue weighted by molar-refractivity contribution is -0.124. The van der Waals surface area contributed by atoms with E-state index in [1.54, 1.807) is 19.1 Å². The molecule has 1 heterocycles. The van der Waals surface area contributed by atoms with Gasteiger partial charge in [0, 0.05) is 18.7 Å². The number of carbonyl (C=O) groups excluding carboxylic acids is 1. The zero-order valence-corrected chi connectivity index (χ0v) is 15.0. The van der Waals surface area contributed by atoms with Gasteiger partial charge < -0.3 is 11.1 Å². The maximum atomic E-state index is 13.1. The van der Waals surface area contributed by atoms with Crippen LogP contribution in [-0.2, 0) is 17.6 Å². The van der Waals surface area contributed by atoms with Crippen molar-refractivity contribution in [3.05, 3.63) is 71.3 Å². The molecule has 0 aliphatic carbocycles. The second-order valence-corrected chi connectivity index (χ2v) is 6.30. The largest absolute Gasteiger partial charge is 0.399 e. The third-order valence-corrected chi connectivity index (χ3v) is 4.29. The van der Waals surface area contributed by atoms with E-state index in [1.165, 1.54) is 16.8 Å². The lowest BCUT2D eigenvalue weighted by atomic mass is 10.0. The molecule has 7 nitrogen and oxygen atoms in total. The van der Waals surface area contributed by atoms with Gasteiger partial charge >= 0.3 is 0 Å². The van der Waals surface area contributed by atoms with E-state index in [2.05, 4.69) is 20.8 Å². The first-order chi connectivity index (χ1) is 13.0. The minimum atomic E-state index is -0.614. The topological polar surface area (TPSA) is 98.7 Å². The molecule has 1 unspecified atom stereocenters. The number of amides is 1. The standard InChI is InChI=1S/C19H21FN6O/c1-13-23-24-25-26(13)18(12-15-2-6-16(20)7-3-15)19(27)22-11-10-14-4-8-17(21)9-5-14/h2-9,18H,10-12,21H2,1H3,(H,22,27). The van der Waals surface area contributed by atoms with Gasteiger partial charge in [-0.25, -0.2) is 9.07 Å². The molecule has 0 fully saturated rings. The van der Waals surface area contributed by atoms with Crippen molar-refractivity contribution in [3.63, 3.8) is 0 Å². The Hall–Kier alpha value is -3.29. The molecule has 27 heavy (non-hydrogen) atoms. The minimum absolute atomic E-state index is 0.190. The Labute approximate surface area is 156 Å². The number of aromatic nitrogens is 4. The summed E-state index contributed by atoms with van der Waals surface area (Å²) in [5.74, 6) is 0.0304. The van der Waals surface area contributed by atoms with Crippen LogP contribution in [0.15, 0.2) is 48.5 Å². The Morgan fingerprint density at radius 1 is 1.15 bits per heavy atom. The molecule has 1 atom stereocenters. The number of nitrogens with zero attached hydrogens (tertiary/aromatic N) is 4. The van der Waals surface area contributed by atoms with Crippen molar-refractivity contribution in [2.75, 3.05) is 12.3 Å². The first kappa shape index (κ1) is 18.5. The van der Waals surface area contributed by atoms with Crippen molar-refractivity contribution < 1.29 is 9.18 Å². The van der Waals surface area contributed by atoms with Gasteiger partial charge in [0.25, 0.3) is 0 Å². The number of hydrogen-bond donors (Lipinski definition) is 2. The van der Waals surface area contributed by atoms with Gasteiger partial charge in [-0.1, -0.05) is 24.3 Å². The van der Waals surface area contributed by atoms with E-state index in [0.29, 0.717) is 30.9 Å². The maximum absolute atomic E-state index is 13.1. The number of benzene rings is 2. The summed E-state index contributed by atoms with van der Waals surface area (Å²) in [4.78, 5) is 12.8. The summed E-state index contributed by atoms with van der Waals surface area (Å²) in [6.45, 7) is 2.21. The maximum Gasteiger partial charge on any atom is 0.245 e. The summed E-state index contributed by atoms with van der Waals surface area (Å²) in [5.41, 5.74) is 8.29. The molecule has 140 valence electrons. The highest BCUT2D eigenvalue weighted by molar-refractivity contribution is 5.80. The van der Waals surface area contributed by atoms with Crippen molar-refractivity contribution in [2.45, 2.75) is 25.8 Å². The Morgan fingerprint density at radius 2 is 1.81 bits per heavy atom. The van der Waals surface area contributed by atoms with Gasteiger partial charge in [-0.05, 0) is 59.2 Å². The highest BCUT2D eigenvalue weighted by Crippen LogP contribution is 2.16. The number of nitrogens with one attached hydrogen (secondary N) is 1. The second kappa shape index (κ2) is 8.39. The zero-order chi connectivity index (χ0) is 19.2. The van der Waals surface area contributed by atoms with Crippen LogP contribution >= 0.6 is 0 Å². The molecular formula is C19H21FN6O. The highest BCUT2D eigenvalue weighted by Gasteiger charge is 2.24. The van der Waals surface area contributed by atoms with E-state index in [1.807, 2.05) is 24.3 Å². The molecule has 0 aliphatic rings. The van der Waals surface area contributed by atoms with E-state index < -0.39 is 6.04 Å². The van der Waals surface area contributed by atoms with Crippen LogP contribution in [0.2, 0.25) is 0 Å². The van der Waals surface area contributed by atoms with Crippen LogP contribution in [0.3, 0.4) is 0 Å². The number of nitrogen functional groups attached to an aromatic ring is 1. The van der Waals surface area contributed by atoms with E-state index >= 15 is 0 Å². The second-order valence-electron chi connectivity index (χ2n) is 6.30. The van der Waals surface area contributed by atoms with Crippen molar-refractivity contribution in [3.8, 4) is 0 Å². The van der Waals surface area contributed by atoms with E-state index in [4.69, 9.17) is 5.73 Å². The molecule has 0 saturated carbocycles. The lowest BCUT2D eigenvalue weighted by Crippen LogP contribution is -2.36. The van der Waals surface area contributed by atoms with Crippen molar-refractivity contribution in [1.29, 1.82) is 0 Å². The summed E-state index contributed by atoms with van der Waals surface area (Å²) in [6.07, 6.45) is 1.05. The SMILES string of the molecule is Cc1nnnn1C(Cc1ccc(F)cc1)C(=O)NCCc1ccc(N)cc1. The number of tetrazole rings is 1. The summed E-state index contributed by atoms with van der Waals surface area (Å²) in [5, 5.41) is 14.4. The van der Waals surface area contributed by atoms with E-state index in [0.717, 1.165) is 11.1 Å². The Bertz CT molecular complexity index is 891. The van der Waals surface area contributed by atoms with Gasteiger partial charge in [0.2, 0.25) is 5.91 Å². The average Bonchev–Trinajstić information content (AvgIpc) is 3.08. The quantitative estimate of drug-likeness (QED) is 0.620. The molecule has 0 aliphatic heterocycles. The van der Waals surface area contributed by atoms with Crippen LogP contribution in [0.25, 0.3) is 0 Å². The molecule has 3 aromatic rings. The third kappa shape index (κ3) is 4.87. The molecule has 1 amide bonds. The number of halogens is 1. The van der Waals surface area contributed by atoms with Crippen LogP contribution in [0.5, 0.6) is 0 Å². The first-order valence-corrected chi connectivity index (χ1v) is 8.64. The molecule has 0 bridgehead atoms. The van der Waals surface area contributed by atoms with E-state index in [-0.39, 0.29) is 11.7 Å². The molecule has 2 aromatic carbocycles. The monoisotopic (exact) mass is 368 g/mol. The molecular weight excluding hydrogens is 347 g/mol. The molecule has 0 spiro atoms. The molecule has 0 radical (unpaired) electrons. The highest BCUT2D eigenvalue weighted by atomic mass is 19.1. The summed E-state index contributed by atoms with van der Waals surface area (Å²) in [7, 11) is 0. The van der Waals surface area contributed by atoms with Gasteiger partial charge in [-0.3, -0.25) is 4.79 Å². The summed E-state index contributed by atoms with van der Waals surface area (Å²) < 4.78 is 14.6. The lowest BCUT2D eigenvalue weighted by Gasteiger charge is -2.17. The summed E-state index contributed by atoms with van der Waals surface area (Å²) in [6, 6.07) is 13.0. The number of aryl methyl sites for hydroxylation is 1. The predicted octanol–water partition coefficient (Wildman–Crippen LogP) is 1.85. The Kier molecular flexibility index (Phi) is 5.75. The van der Waals surface area contributed by atoms with Crippen molar-refractivity contribution in [2.24, 2.45) is 0 Å². The molecule has 1 aromatic heterocycles. The van der Waals surface area contributed by atoms with Gasteiger partial charge in [0.1, 0.15) is 17.7 Å². The first-order valence-electron chi connectivity index (χ1n) is 8.64. The Balaban J connectivity index is 1.68. The number of hydrogen-bond acceptors (Lipinski definition) is 5. The fraction of sp³-hybridized carbons (Fsp3) is 0.263. The number of anilines is 1. The Morgan fingerprint density at radius 3 is 2.44 bits per heavy atom.